The molecular formula is C20H17BrN2O2S. The molecule has 1 aromatic heterocycles. The van der Waals surface area contributed by atoms with Gasteiger partial charge in [0.15, 0.2) is 5.11 Å². The molecule has 0 aliphatic heterocycles. The number of benzene rings is 2. The molecule has 3 rings (SSSR count). The average molecular weight is 429 g/mol. The minimum absolute atomic E-state index is 0.238. The van der Waals surface area contributed by atoms with Crippen LogP contribution in [0.25, 0.3) is 11.3 Å². The Morgan fingerprint density at radius 1 is 1.04 bits per heavy atom. The molecule has 2 aromatic carbocycles. The largest absolute Gasteiger partial charge is 0.459 e. The zero-order valence-electron chi connectivity index (χ0n) is 14.1. The molecule has 6 heteroatoms. The number of aryl methyl sites for hydroxylation is 1. The van der Waals surface area contributed by atoms with Gasteiger partial charge in [-0.2, -0.15) is 0 Å². The Morgan fingerprint density at radius 2 is 1.73 bits per heavy atom. The first-order chi connectivity index (χ1) is 12.5. The Balaban J connectivity index is 1.54. The molecule has 0 fully saturated rings. The van der Waals surface area contributed by atoms with Crippen LogP contribution in [0.1, 0.15) is 21.7 Å². The van der Waals surface area contributed by atoms with Crippen molar-refractivity contribution in [3.8, 4) is 11.3 Å². The summed E-state index contributed by atoms with van der Waals surface area (Å²) in [5.41, 5.74) is 2.66. The average Bonchev–Trinajstić information content (AvgIpc) is 3.10. The van der Waals surface area contributed by atoms with E-state index in [1.165, 1.54) is 0 Å². The maximum absolute atomic E-state index is 12.1. The lowest BCUT2D eigenvalue weighted by Gasteiger charge is -2.08. The molecule has 2 N–H and O–H groups in total. The molecule has 0 unspecified atom stereocenters. The van der Waals surface area contributed by atoms with Crippen molar-refractivity contribution in [2.45, 2.75) is 13.5 Å². The van der Waals surface area contributed by atoms with Gasteiger partial charge in [0.25, 0.3) is 5.91 Å². The zero-order valence-corrected chi connectivity index (χ0v) is 16.5. The normalized spacial score (nSPS) is 10.4. The van der Waals surface area contributed by atoms with E-state index in [9.17, 15) is 4.79 Å². The minimum Gasteiger partial charge on any atom is -0.459 e. The number of carbonyl (C=O) groups excluding carboxylic acids is 1. The molecule has 132 valence electrons. The Morgan fingerprint density at radius 3 is 2.42 bits per heavy atom. The lowest BCUT2D eigenvalue weighted by Crippen LogP contribution is -2.38. The molecule has 0 atom stereocenters. The predicted molar refractivity (Wildman–Crippen MR) is 110 cm³/mol. The van der Waals surface area contributed by atoms with Crippen molar-refractivity contribution < 1.29 is 9.21 Å². The Bertz CT molecular complexity index is 918. The van der Waals surface area contributed by atoms with Crippen molar-refractivity contribution in [3.63, 3.8) is 0 Å². The highest BCUT2D eigenvalue weighted by molar-refractivity contribution is 9.10. The molecular weight excluding hydrogens is 412 g/mol. The Labute approximate surface area is 165 Å². The summed E-state index contributed by atoms with van der Waals surface area (Å²) in [6, 6.07) is 19.0. The third-order valence-electron chi connectivity index (χ3n) is 3.75. The van der Waals surface area contributed by atoms with Gasteiger partial charge in [-0.3, -0.25) is 10.1 Å². The molecule has 0 aliphatic rings. The molecule has 1 heterocycles. The number of furan rings is 1. The summed E-state index contributed by atoms with van der Waals surface area (Å²) in [5.74, 6) is 1.27. The molecule has 0 spiro atoms. The van der Waals surface area contributed by atoms with Gasteiger partial charge in [-0.15, -0.1) is 0 Å². The SMILES string of the molecule is Cc1ccc(C(=O)NC(=S)NCc2ccc(-c3ccc(Br)cc3)o2)cc1. The van der Waals surface area contributed by atoms with Crippen molar-refractivity contribution in [1.29, 1.82) is 0 Å². The highest BCUT2D eigenvalue weighted by Gasteiger charge is 2.09. The lowest BCUT2D eigenvalue weighted by atomic mass is 10.1. The predicted octanol–water partition coefficient (Wildman–Crippen LogP) is 4.82. The summed E-state index contributed by atoms with van der Waals surface area (Å²) in [6.45, 7) is 2.36. The number of thiocarbonyl (C=S) groups is 1. The van der Waals surface area contributed by atoms with E-state index in [4.69, 9.17) is 16.6 Å². The number of carbonyl (C=O) groups is 1. The van der Waals surface area contributed by atoms with Gasteiger partial charge in [0.2, 0.25) is 0 Å². The maximum Gasteiger partial charge on any atom is 0.257 e. The lowest BCUT2D eigenvalue weighted by molar-refractivity contribution is 0.0976. The first-order valence-corrected chi connectivity index (χ1v) is 9.22. The molecule has 0 saturated heterocycles. The van der Waals surface area contributed by atoms with Crippen LogP contribution in [-0.2, 0) is 6.54 Å². The summed E-state index contributed by atoms with van der Waals surface area (Å²) in [5, 5.41) is 5.91. The van der Waals surface area contributed by atoms with Crippen molar-refractivity contribution >= 4 is 39.2 Å². The Hall–Kier alpha value is -2.44. The van der Waals surface area contributed by atoms with Gasteiger partial charge in [0, 0.05) is 15.6 Å². The van der Waals surface area contributed by atoms with Gasteiger partial charge in [0.1, 0.15) is 11.5 Å². The zero-order chi connectivity index (χ0) is 18.5. The third kappa shape index (κ3) is 4.80. The second kappa shape index (κ2) is 8.29. The van der Waals surface area contributed by atoms with Gasteiger partial charge in [-0.25, -0.2) is 0 Å². The van der Waals surface area contributed by atoms with Crippen LogP contribution in [-0.4, -0.2) is 11.0 Å². The van der Waals surface area contributed by atoms with Crippen molar-refractivity contribution in [2.24, 2.45) is 0 Å². The summed E-state index contributed by atoms with van der Waals surface area (Å²) >= 11 is 8.59. The van der Waals surface area contributed by atoms with Gasteiger partial charge < -0.3 is 9.73 Å². The smallest absolute Gasteiger partial charge is 0.257 e. The van der Waals surface area contributed by atoms with E-state index in [-0.39, 0.29) is 11.0 Å². The highest BCUT2D eigenvalue weighted by atomic mass is 79.9. The number of halogens is 1. The van der Waals surface area contributed by atoms with Gasteiger partial charge in [0.05, 0.1) is 6.54 Å². The fourth-order valence-corrected chi connectivity index (χ4v) is 2.76. The van der Waals surface area contributed by atoms with Crippen LogP contribution in [0.4, 0.5) is 0 Å². The molecule has 4 nitrogen and oxygen atoms in total. The van der Waals surface area contributed by atoms with Crippen molar-refractivity contribution in [1.82, 2.24) is 10.6 Å². The van der Waals surface area contributed by atoms with Gasteiger partial charge >= 0.3 is 0 Å². The van der Waals surface area contributed by atoms with E-state index in [2.05, 4.69) is 26.6 Å². The molecule has 26 heavy (non-hydrogen) atoms. The number of hydrogen-bond donors (Lipinski definition) is 2. The quantitative estimate of drug-likeness (QED) is 0.584. The van der Waals surface area contributed by atoms with Crippen LogP contribution < -0.4 is 10.6 Å². The summed E-state index contributed by atoms with van der Waals surface area (Å²) < 4.78 is 6.83. The van der Waals surface area contributed by atoms with Crippen LogP contribution in [0.3, 0.4) is 0 Å². The number of hydrogen-bond acceptors (Lipinski definition) is 3. The molecule has 3 aromatic rings. The molecule has 0 bridgehead atoms. The first-order valence-electron chi connectivity index (χ1n) is 8.02. The van der Waals surface area contributed by atoms with E-state index in [1.807, 2.05) is 55.5 Å². The maximum atomic E-state index is 12.1. The standard InChI is InChI=1S/C20H17BrN2O2S/c1-13-2-4-15(5-3-13)19(24)23-20(26)22-12-17-10-11-18(25-17)14-6-8-16(21)9-7-14/h2-11H,12H2,1H3,(H2,22,23,24,26). The fourth-order valence-electron chi connectivity index (χ4n) is 2.33. The second-order valence-electron chi connectivity index (χ2n) is 5.78. The number of rotatable bonds is 4. The number of nitrogens with one attached hydrogen (secondary N) is 2. The molecule has 0 saturated carbocycles. The van der Waals surface area contributed by atoms with Crippen molar-refractivity contribution in [2.75, 3.05) is 0 Å². The molecule has 0 radical (unpaired) electrons. The van der Waals surface area contributed by atoms with Gasteiger partial charge in [-0.05, 0) is 55.5 Å². The van der Waals surface area contributed by atoms with Crippen LogP contribution in [0, 0.1) is 6.92 Å². The van der Waals surface area contributed by atoms with Gasteiger partial charge in [-0.1, -0.05) is 45.8 Å². The van der Waals surface area contributed by atoms with E-state index >= 15 is 0 Å². The topological polar surface area (TPSA) is 54.3 Å². The number of amides is 1. The first kappa shape index (κ1) is 18.4. The van der Waals surface area contributed by atoms with E-state index in [1.54, 1.807) is 12.1 Å². The van der Waals surface area contributed by atoms with Crippen LogP contribution in [0.5, 0.6) is 0 Å². The van der Waals surface area contributed by atoms with E-state index in [0.717, 1.165) is 27.1 Å². The van der Waals surface area contributed by atoms with Crippen LogP contribution >= 0.6 is 28.1 Å². The highest BCUT2D eigenvalue weighted by Crippen LogP contribution is 2.23. The second-order valence-corrected chi connectivity index (χ2v) is 7.10. The molecule has 1 amide bonds. The summed E-state index contributed by atoms with van der Waals surface area (Å²) in [6.07, 6.45) is 0. The fraction of sp³-hybridized carbons (Fsp3) is 0.100. The third-order valence-corrected chi connectivity index (χ3v) is 4.53. The summed E-state index contributed by atoms with van der Waals surface area (Å²) in [4.78, 5) is 12.1. The minimum atomic E-state index is -0.238. The molecule has 0 aliphatic carbocycles. The van der Waals surface area contributed by atoms with Crippen molar-refractivity contribution in [3.05, 3.63) is 82.0 Å². The monoisotopic (exact) mass is 428 g/mol. The van der Waals surface area contributed by atoms with E-state index in [0.29, 0.717) is 12.1 Å². The van der Waals surface area contributed by atoms with Crippen LogP contribution in [0.2, 0.25) is 0 Å². The summed E-state index contributed by atoms with van der Waals surface area (Å²) in [7, 11) is 0. The van der Waals surface area contributed by atoms with E-state index < -0.39 is 0 Å². The van der Waals surface area contributed by atoms with Crippen LogP contribution in [0.15, 0.2) is 69.6 Å². The Kier molecular flexibility index (Phi) is 5.85.